The summed E-state index contributed by atoms with van der Waals surface area (Å²) in [7, 11) is 0. The number of aromatic nitrogens is 4. The van der Waals surface area contributed by atoms with Gasteiger partial charge in [-0.2, -0.15) is 5.10 Å². The Morgan fingerprint density at radius 1 is 1.23 bits per heavy atom. The van der Waals surface area contributed by atoms with Gasteiger partial charge in [0.1, 0.15) is 17.5 Å². The molecule has 10 nitrogen and oxygen atoms in total. The van der Waals surface area contributed by atoms with Gasteiger partial charge in [0.2, 0.25) is 5.78 Å². The van der Waals surface area contributed by atoms with E-state index in [-0.39, 0.29) is 12.1 Å². The molecule has 0 aromatic carbocycles. The fraction of sp³-hybridized carbons (Fsp3) is 0.125. The molecule has 0 radical (unpaired) electrons. The van der Waals surface area contributed by atoms with E-state index in [0.717, 1.165) is 0 Å². The molecule has 0 fully saturated rings. The maximum absolute atomic E-state index is 12.6. The predicted molar refractivity (Wildman–Crippen MR) is 87.0 cm³/mol. The second-order valence-electron chi connectivity index (χ2n) is 5.24. The molecular formula is C16H14N6O4. The minimum absolute atomic E-state index is 0.0642. The van der Waals surface area contributed by atoms with E-state index in [9.17, 15) is 14.4 Å². The van der Waals surface area contributed by atoms with E-state index in [1.165, 1.54) is 29.5 Å². The van der Waals surface area contributed by atoms with Gasteiger partial charge < -0.3 is 15.5 Å². The van der Waals surface area contributed by atoms with Crippen molar-refractivity contribution in [2.24, 2.45) is 5.73 Å². The second-order valence-corrected chi connectivity index (χ2v) is 5.24. The summed E-state index contributed by atoms with van der Waals surface area (Å²) in [5.41, 5.74) is 5.21. The van der Waals surface area contributed by atoms with Crippen molar-refractivity contribution in [3.8, 4) is 5.82 Å². The van der Waals surface area contributed by atoms with Crippen LogP contribution in [0.4, 0.5) is 0 Å². The Hall–Kier alpha value is -3.82. The van der Waals surface area contributed by atoms with Crippen LogP contribution in [0.2, 0.25) is 0 Å². The third-order valence-electron chi connectivity index (χ3n) is 3.50. The summed E-state index contributed by atoms with van der Waals surface area (Å²) in [6.45, 7) is 0. The minimum Gasteiger partial charge on any atom is -0.448 e. The lowest BCUT2D eigenvalue weighted by Crippen LogP contribution is -2.47. The normalized spacial score (nSPS) is 11.7. The van der Waals surface area contributed by atoms with E-state index in [2.05, 4.69) is 20.4 Å². The summed E-state index contributed by atoms with van der Waals surface area (Å²) in [5, 5.41) is 6.54. The molecular weight excluding hydrogens is 340 g/mol. The number of ketones is 1. The second kappa shape index (κ2) is 7.38. The molecule has 0 saturated heterocycles. The molecule has 2 amide bonds. The molecule has 0 aliphatic rings. The maximum Gasteiger partial charge on any atom is 0.287 e. The van der Waals surface area contributed by atoms with Crippen LogP contribution in [0.15, 0.2) is 53.7 Å². The lowest BCUT2D eigenvalue weighted by molar-refractivity contribution is -0.137. The summed E-state index contributed by atoms with van der Waals surface area (Å²) >= 11 is 0. The van der Waals surface area contributed by atoms with E-state index in [4.69, 9.17) is 10.2 Å². The lowest BCUT2D eigenvalue weighted by atomic mass is 10.1. The fourth-order valence-corrected chi connectivity index (χ4v) is 2.29. The number of amides is 2. The van der Waals surface area contributed by atoms with E-state index < -0.39 is 23.6 Å². The molecule has 0 saturated carbocycles. The number of pyridine rings is 1. The molecule has 0 spiro atoms. The van der Waals surface area contributed by atoms with E-state index in [1.54, 1.807) is 24.4 Å². The Labute approximate surface area is 147 Å². The smallest absolute Gasteiger partial charge is 0.287 e. The summed E-state index contributed by atoms with van der Waals surface area (Å²) in [4.78, 5) is 43.8. The standard InChI is InChI=1S/C16H14N6O4/c17-15(24)14(23)11(7-10-8-18-9-26-10)21-16(25)12-4-6-20-22(12)13-3-1-2-5-19-13/h1-6,8-9,11H,7H2,(H2,17,24)(H,21,25). The summed E-state index contributed by atoms with van der Waals surface area (Å²) in [6, 6.07) is 5.41. The quantitative estimate of drug-likeness (QED) is 0.551. The summed E-state index contributed by atoms with van der Waals surface area (Å²) in [6.07, 6.45) is 5.48. The minimum atomic E-state index is -1.19. The number of primary amides is 1. The maximum atomic E-state index is 12.6. The van der Waals surface area contributed by atoms with Gasteiger partial charge in [0.25, 0.3) is 11.8 Å². The monoisotopic (exact) mass is 354 g/mol. The van der Waals surface area contributed by atoms with E-state index in [0.29, 0.717) is 11.6 Å². The highest BCUT2D eigenvalue weighted by Gasteiger charge is 2.28. The van der Waals surface area contributed by atoms with Crippen molar-refractivity contribution in [2.45, 2.75) is 12.5 Å². The van der Waals surface area contributed by atoms with Crippen molar-refractivity contribution in [2.75, 3.05) is 0 Å². The Balaban J connectivity index is 1.83. The molecule has 3 aromatic heterocycles. The van der Waals surface area contributed by atoms with Gasteiger partial charge in [-0.3, -0.25) is 14.4 Å². The molecule has 3 N–H and O–H groups in total. The molecule has 1 atom stereocenters. The molecule has 10 heteroatoms. The van der Waals surface area contributed by atoms with Gasteiger partial charge in [-0.15, -0.1) is 0 Å². The first-order valence-corrected chi connectivity index (χ1v) is 7.53. The van der Waals surface area contributed by atoms with Crippen molar-refractivity contribution in [1.82, 2.24) is 25.1 Å². The number of nitrogens with one attached hydrogen (secondary N) is 1. The topological polar surface area (TPSA) is 146 Å². The molecule has 0 aliphatic heterocycles. The highest BCUT2D eigenvalue weighted by atomic mass is 16.3. The number of carbonyl (C=O) groups excluding carboxylic acids is 3. The van der Waals surface area contributed by atoms with E-state index >= 15 is 0 Å². The van der Waals surface area contributed by atoms with Crippen molar-refractivity contribution < 1.29 is 18.8 Å². The van der Waals surface area contributed by atoms with Gasteiger partial charge in [0.05, 0.1) is 12.4 Å². The van der Waals surface area contributed by atoms with Crippen LogP contribution in [0.1, 0.15) is 16.2 Å². The number of carbonyl (C=O) groups is 3. The summed E-state index contributed by atoms with van der Waals surface area (Å²) in [5.74, 6) is -1.97. The first kappa shape index (κ1) is 17.0. The van der Waals surface area contributed by atoms with Gasteiger partial charge in [0.15, 0.2) is 12.2 Å². The Bertz CT molecular complexity index is 919. The zero-order valence-electron chi connectivity index (χ0n) is 13.4. The highest BCUT2D eigenvalue weighted by Crippen LogP contribution is 2.09. The van der Waals surface area contributed by atoms with Gasteiger partial charge in [-0.25, -0.2) is 14.6 Å². The van der Waals surface area contributed by atoms with Crippen molar-refractivity contribution in [3.63, 3.8) is 0 Å². The highest BCUT2D eigenvalue weighted by molar-refractivity contribution is 6.38. The van der Waals surface area contributed by atoms with Gasteiger partial charge >= 0.3 is 0 Å². The third-order valence-corrected chi connectivity index (χ3v) is 3.50. The van der Waals surface area contributed by atoms with Crippen LogP contribution in [0.25, 0.3) is 5.82 Å². The van der Waals surface area contributed by atoms with Crippen LogP contribution >= 0.6 is 0 Å². The number of hydrogen-bond donors (Lipinski definition) is 2. The van der Waals surface area contributed by atoms with Crippen LogP contribution in [0, 0.1) is 0 Å². The SMILES string of the molecule is NC(=O)C(=O)C(Cc1cnco1)NC(=O)c1ccnn1-c1ccccn1. The molecule has 3 rings (SSSR count). The van der Waals surface area contributed by atoms with Crippen LogP contribution < -0.4 is 11.1 Å². The van der Waals surface area contributed by atoms with Crippen LogP contribution in [0.3, 0.4) is 0 Å². The van der Waals surface area contributed by atoms with Crippen molar-refractivity contribution in [1.29, 1.82) is 0 Å². The average molecular weight is 354 g/mol. The van der Waals surface area contributed by atoms with Gasteiger partial charge in [0, 0.05) is 12.6 Å². The van der Waals surface area contributed by atoms with Gasteiger partial charge in [-0.05, 0) is 18.2 Å². The Kier molecular flexibility index (Phi) is 4.83. The number of rotatable bonds is 7. The largest absolute Gasteiger partial charge is 0.448 e. The zero-order valence-corrected chi connectivity index (χ0v) is 13.4. The molecule has 3 aromatic rings. The molecule has 1 unspecified atom stereocenters. The molecule has 26 heavy (non-hydrogen) atoms. The third kappa shape index (κ3) is 3.64. The average Bonchev–Trinajstić information content (AvgIpc) is 3.32. The summed E-state index contributed by atoms with van der Waals surface area (Å²) < 4.78 is 6.38. The molecule has 0 bridgehead atoms. The zero-order chi connectivity index (χ0) is 18.5. The van der Waals surface area contributed by atoms with Crippen LogP contribution in [-0.2, 0) is 16.0 Å². The molecule has 132 valence electrons. The van der Waals surface area contributed by atoms with Gasteiger partial charge in [-0.1, -0.05) is 6.07 Å². The number of nitrogens with zero attached hydrogens (tertiary/aromatic N) is 4. The molecule has 3 heterocycles. The number of oxazole rings is 1. The fourth-order valence-electron chi connectivity index (χ4n) is 2.29. The number of Topliss-reactive ketones (excluding diaryl/α,β-unsaturated/α-hetero) is 1. The van der Waals surface area contributed by atoms with Crippen molar-refractivity contribution in [3.05, 3.63) is 60.7 Å². The first-order chi connectivity index (χ1) is 12.6. The number of hydrogen-bond acceptors (Lipinski definition) is 7. The predicted octanol–water partition coefficient (Wildman–Crippen LogP) is -0.349. The van der Waals surface area contributed by atoms with E-state index in [1.807, 2.05) is 0 Å². The van der Waals surface area contributed by atoms with Crippen LogP contribution in [0.5, 0.6) is 0 Å². The first-order valence-electron chi connectivity index (χ1n) is 7.53. The van der Waals surface area contributed by atoms with Crippen molar-refractivity contribution >= 4 is 17.6 Å². The lowest BCUT2D eigenvalue weighted by Gasteiger charge is -2.15. The Morgan fingerprint density at radius 3 is 2.73 bits per heavy atom. The Morgan fingerprint density at radius 2 is 2.08 bits per heavy atom. The number of nitrogens with two attached hydrogens (primary N) is 1. The molecule has 0 aliphatic carbocycles. The van der Waals surface area contributed by atoms with Crippen LogP contribution in [-0.4, -0.2) is 43.4 Å².